The van der Waals surface area contributed by atoms with Crippen LogP contribution in [0.5, 0.6) is 5.75 Å². The van der Waals surface area contributed by atoms with E-state index >= 15 is 0 Å². The molecule has 1 aromatic carbocycles. The van der Waals surface area contributed by atoms with Crippen molar-refractivity contribution in [3.05, 3.63) is 23.8 Å². The largest absolute Gasteiger partial charge is 0.493 e. The van der Waals surface area contributed by atoms with E-state index in [2.05, 4.69) is 5.32 Å². The van der Waals surface area contributed by atoms with Crippen LogP contribution < -0.4 is 10.1 Å². The lowest BCUT2D eigenvalue weighted by atomic mass is 9.97. The number of anilines is 1. The summed E-state index contributed by atoms with van der Waals surface area (Å²) in [5, 5.41) is 2.50. The number of alkyl halides is 3. The van der Waals surface area contributed by atoms with E-state index in [1.807, 2.05) is 6.92 Å². The topological polar surface area (TPSA) is 47.6 Å². The molecule has 1 amide bonds. The molecule has 0 radical (unpaired) electrons. The summed E-state index contributed by atoms with van der Waals surface area (Å²) in [7, 11) is 1.41. The molecule has 0 saturated carbocycles. The molecule has 0 aliphatic heterocycles. The van der Waals surface area contributed by atoms with E-state index in [1.54, 1.807) is 13.8 Å². The number of hydrogen-bond acceptors (Lipinski definition) is 3. The molecule has 1 N–H and O–H groups in total. The smallest absolute Gasteiger partial charge is 0.420 e. The number of hydrogen-bond donors (Lipinski definition) is 1. The molecule has 0 bridgehead atoms. The van der Waals surface area contributed by atoms with Crippen molar-refractivity contribution in [1.82, 2.24) is 0 Å². The Morgan fingerprint density at radius 3 is 2.42 bits per heavy atom. The van der Waals surface area contributed by atoms with Crippen LogP contribution in [0.4, 0.5) is 18.9 Å². The first-order valence-corrected chi connectivity index (χ1v) is 7.88. The third-order valence-electron chi connectivity index (χ3n) is 3.78. The van der Waals surface area contributed by atoms with Gasteiger partial charge in [-0.05, 0) is 38.5 Å². The van der Waals surface area contributed by atoms with Crippen LogP contribution >= 0.6 is 0 Å². The molecule has 24 heavy (non-hydrogen) atoms. The summed E-state index contributed by atoms with van der Waals surface area (Å²) >= 11 is 0. The third-order valence-corrected chi connectivity index (χ3v) is 3.78. The highest BCUT2D eigenvalue weighted by Gasteiger charge is 2.36. The monoisotopic (exact) mass is 347 g/mol. The fourth-order valence-electron chi connectivity index (χ4n) is 2.20. The van der Waals surface area contributed by atoms with Gasteiger partial charge in [0.05, 0.1) is 12.2 Å². The zero-order chi connectivity index (χ0) is 18.4. The van der Waals surface area contributed by atoms with Crippen molar-refractivity contribution in [1.29, 1.82) is 0 Å². The zero-order valence-electron chi connectivity index (χ0n) is 14.4. The van der Waals surface area contributed by atoms with Gasteiger partial charge in [0.2, 0.25) is 0 Å². The first-order chi connectivity index (χ1) is 11.2. The van der Waals surface area contributed by atoms with E-state index < -0.39 is 23.2 Å². The molecule has 0 aliphatic carbocycles. The number of carbonyl (C=O) groups excluding carboxylic acids is 1. The molecule has 0 aliphatic rings. The minimum atomic E-state index is -4.57. The number of unbranched alkanes of at least 4 members (excludes halogenated alkanes) is 1. The fraction of sp³-hybridized carbons (Fsp3) is 0.588. The molecule has 0 fully saturated rings. The van der Waals surface area contributed by atoms with Gasteiger partial charge in [-0.1, -0.05) is 19.8 Å². The normalized spacial score (nSPS) is 14.1. The Bertz CT molecular complexity index is 561. The SMILES string of the molecule is CCCC[C@](C)(OC)C(=O)Nc1ccc(OCC)c(C(F)(F)F)c1. The average molecular weight is 347 g/mol. The molecular formula is C17H24F3NO3. The first-order valence-electron chi connectivity index (χ1n) is 7.88. The van der Waals surface area contributed by atoms with Crippen molar-refractivity contribution in [2.45, 2.75) is 51.8 Å². The van der Waals surface area contributed by atoms with E-state index in [1.165, 1.54) is 19.2 Å². The first kappa shape index (κ1) is 20.3. The predicted molar refractivity (Wildman–Crippen MR) is 86.2 cm³/mol. The molecule has 1 atom stereocenters. The number of ether oxygens (including phenoxy) is 2. The van der Waals surface area contributed by atoms with Crippen molar-refractivity contribution in [2.75, 3.05) is 19.0 Å². The molecule has 136 valence electrons. The van der Waals surface area contributed by atoms with Gasteiger partial charge in [0, 0.05) is 12.8 Å². The Labute approximate surface area is 140 Å². The summed E-state index contributed by atoms with van der Waals surface area (Å²) in [6, 6.07) is 3.46. The van der Waals surface area contributed by atoms with Crippen molar-refractivity contribution in [3.63, 3.8) is 0 Å². The Balaban J connectivity index is 3.04. The van der Waals surface area contributed by atoms with Crippen LogP contribution in [-0.4, -0.2) is 25.2 Å². The predicted octanol–water partition coefficient (Wildman–Crippen LogP) is 4.64. The van der Waals surface area contributed by atoms with E-state index in [4.69, 9.17) is 9.47 Å². The van der Waals surface area contributed by atoms with Gasteiger partial charge >= 0.3 is 6.18 Å². The van der Waals surface area contributed by atoms with Gasteiger partial charge in [-0.3, -0.25) is 4.79 Å². The number of nitrogens with one attached hydrogen (secondary N) is 1. The van der Waals surface area contributed by atoms with Crippen LogP contribution in [0.2, 0.25) is 0 Å². The molecule has 1 aromatic rings. The Hall–Kier alpha value is -1.76. The highest BCUT2D eigenvalue weighted by atomic mass is 19.4. The molecule has 0 saturated heterocycles. The maximum Gasteiger partial charge on any atom is 0.420 e. The van der Waals surface area contributed by atoms with Gasteiger partial charge in [0.25, 0.3) is 5.91 Å². The zero-order valence-corrected chi connectivity index (χ0v) is 14.4. The van der Waals surface area contributed by atoms with Crippen LogP contribution in [0.15, 0.2) is 18.2 Å². The van der Waals surface area contributed by atoms with Gasteiger partial charge in [-0.2, -0.15) is 13.2 Å². The summed E-state index contributed by atoms with van der Waals surface area (Å²) in [4.78, 5) is 12.4. The molecule has 0 spiro atoms. The number of benzene rings is 1. The quantitative estimate of drug-likeness (QED) is 0.745. The Kier molecular flexibility index (Phi) is 7.08. The molecule has 4 nitrogen and oxygen atoms in total. The number of methoxy groups -OCH3 is 1. The van der Waals surface area contributed by atoms with Crippen molar-refractivity contribution in [3.8, 4) is 5.75 Å². The lowest BCUT2D eigenvalue weighted by Gasteiger charge is -2.27. The Morgan fingerprint density at radius 2 is 1.92 bits per heavy atom. The van der Waals surface area contributed by atoms with E-state index in [9.17, 15) is 18.0 Å². The minimum Gasteiger partial charge on any atom is -0.493 e. The highest BCUT2D eigenvalue weighted by molar-refractivity contribution is 5.97. The number of rotatable bonds is 8. The van der Waals surface area contributed by atoms with Gasteiger partial charge in [0.1, 0.15) is 11.4 Å². The minimum absolute atomic E-state index is 0.0514. The molecule has 0 aromatic heterocycles. The second-order valence-electron chi connectivity index (χ2n) is 5.63. The van der Waals surface area contributed by atoms with Gasteiger partial charge in [0.15, 0.2) is 0 Å². The van der Waals surface area contributed by atoms with Crippen LogP contribution in [0.1, 0.15) is 45.6 Å². The maximum absolute atomic E-state index is 13.1. The van der Waals surface area contributed by atoms with Crippen molar-refractivity contribution in [2.24, 2.45) is 0 Å². The number of amides is 1. The standard InChI is InChI=1S/C17H24F3NO3/c1-5-7-10-16(3,23-4)15(22)21-12-8-9-14(24-6-2)13(11-12)17(18,19)20/h8-9,11H,5-7,10H2,1-4H3,(H,21,22)/t16-/m0/s1. The van der Waals surface area contributed by atoms with Gasteiger partial charge in [-0.25, -0.2) is 0 Å². The van der Waals surface area contributed by atoms with Gasteiger partial charge < -0.3 is 14.8 Å². The number of halogens is 3. The van der Waals surface area contributed by atoms with Crippen LogP contribution in [-0.2, 0) is 15.7 Å². The summed E-state index contributed by atoms with van der Waals surface area (Å²) < 4.78 is 49.7. The number of carbonyl (C=O) groups is 1. The second kappa shape index (κ2) is 8.37. The lowest BCUT2D eigenvalue weighted by Crippen LogP contribution is -2.42. The lowest BCUT2D eigenvalue weighted by molar-refractivity contribution is -0.139. The Morgan fingerprint density at radius 1 is 1.25 bits per heavy atom. The van der Waals surface area contributed by atoms with E-state index in [0.717, 1.165) is 18.9 Å². The summed E-state index contributed by atoms with van der Waals surface area (Å²) in [5.41, 5.74) is -1.96. The van der Waals surface area contributed by atoms with E-state index in [0.29, 0.717) is 6.42 Å². The molecular weight excluding hydrogens is 323 g/mol. The van der Waals surface area contributed by atoms with Crippen molar-refractivity contribution >= 4 is 11.6 Å². The molecule has 0 unspecified atom stereocenters. The van der Waals surface area contributed by atoms with Crippen LogP contribution in [0, 0.1) is 0 Å². The third kappa shape index (κ3) is 5.12. The van der Waals surface area contributed by atoms with Crippen LogP contribution in [0.25, 0.3) is 0 Å². The maximum atomic E-state index is 13.1. The fourth-order valence-corrected chi connectivity index (χ4v) is 2.20. The summed E-state index contributed by atoms with van der Waals surface area (Å²) in [6.45, 7) is 5.33. The van der Waals surface area contributed by atoms with Crippen LogP contribution in [0.3, 0.4) is 0 Å². The van der Waals surface area contributed by atoms with Crippen molar-refractivity contribution < 1.29 is 27.4 Å². The molecule has 0 heterocycles. The summed E-state index contributed by atoms with van der Waals surface area (Å²) in [6.07, 6.45) is -2.44. The average Bonchev–Trinajstić information content (AvgIpc) is 2.53. The molecule has 1 rings (SSSR count). The molecule has 7 heteroatoms. The summed E-state index contributed by atoms with van der Waals surface area (Å²) in [5.74, 6) is -0.737. The highest BCUT2D eigenvalue weighted by Crippen LogP contribution is 2.38. The van der Waals surface area contributed by atoms with E-state index in [-0.39, 0.29) is 18.0 Å². The second-order valence-corrected chi connectivity index (χ2v) is 5.63. The van der Waals surface area contributed by atoms with Gasteiger partial charge in [-0.15, -0.1) is 0 Å².